The number of amides is 1. The maximum absolute atomic E-state index is 12.3. The monoisotopic (exact) mass is 318 g/mol. The standard InChI is InChI=1S/C14H11ClN4OS/c1-7-2-4-9-11(16)12(21-14(9)18-7)13(20)19-10-5-3-8(15)6-17-10/h2-6H,16H2,1H3,(H,17,19,20). The minimum absolute atomic E-state index is 0.303. The van der Waals surface area contributed by atoms with Gasteiger partial charge in [0.1, 0.15) is 15.5 Å². The largest absolute Gasteiger partial charge is 0.397 e. The SMILES string of the molecule is Cc1ccc2c(N)c(C(=O)Nc3ccc(Cl)cn3)sc2n1. The Morgan fingerprint density at radius 2 is 2.14 bits per heavy atom. The molecule has 106 valence electrons. The fourth-order valence-corrected chi connectivity index (χ4v) is 3.03. The minimum atomic E-state index is -0.303. The number of anilines is 2. The average molecular weight is 319 g/mol. The lowest BCUT2D eigenvalue weighted by atomic mass is 10.2. The molecule has 0 aromatic carbocycles. The zero-order valence-corrected chi connectivity index (χ0v) is 12.6. The summed E-state index contributed by atoms with van der Waals surface area (Å²) in [6, 6.07) is 7.03. The van der Waals surface area contributed by atoms with E-state index in [9.17, 15) is 4.79 Å². The van der Waals surface area contributed by atoms with Crippen molar-refractivity contribution in [2.24, 2.45) is 0 Å². The molecule has 3 heterocycles. The first-order valence-electron chi connectivity index (χ1n) is 6.13. The van der Waals surface area contributed by atoms with Crippen LogP contribution in [-0.2, 0) is 0 Å². The Morgan fingerprint density at radius 1 is 1.33 bits per heavy atom. The molecule has 3 rings (SSSR count). The maximum Gasteiger partial charge on any atom is 0.269 e. The summed E-state index contributed by atoms with van der Waals surface area (Å²) in [6.45, 7) is 1.90. The number of nitrogens with two attached hydrogens (primary N) is 1. The van der Waals surface area contributed by atoms with Crippen molar-refractivity contribution in [3.05, 3.63) is 46.1 Å². The Labute approximate surface area is 129 Å². The van der Waals surface area contributed by atoms with E-state index in [1.54, 1.807) is 12.1 Å². The van der Waals surface area contributed by atoms with Gasteiger partial charge in [-0.3, -0.25) is 4.79 Å². The zero-order valence-electron chi connectivity index (χ0n) is 11.1. The second-order valence-corrected chi connectivity index (χ2v) is 5.90. The third-order valence-electron chi connectivity index (χ3n) is 2.91. The molecule has 3 aromatic heterocycles. The number of hydrogen-bond acceptors (Lipinski definition) is 5. The van der Waals surface area contributed by atoms with E-state index in [-0.39, 0.29) is 5.91 Å². The molecule has 0 aliphatic carbocycles. The van der Waals surface area contributed by atoms with Crippen molar-refractivity contribution in [3.8, 4) is 0 Å². The third-order valence-corrected chi connectivity index (χ3v) is 4.25. The van der Waals surface area contributed by atoms with Gasteiger partial charge >= 0.3 is 0 Å². The zero-order chi connectivity index (χ0) is 15.0. The third kappa shape index (κ3) is 2.68. The summed E-state index contributed by atoms with van der Waals surface area (Å²) in [5.74, 6) is 0.119. The lowest BCUT2D eigenvalue weighted by molar-refractivity contribution is 0.103. The van der Waals surface area contributed by atoms with Crippen molar-refractivity contribution in [3.63, 3.8) is 0 Å². The van der Waals surface area contributed by atoms with Gasteiger partial charge in [0.25, 0.3) is 5.91 Å². The molecule has 0 bridgehead atoms. The van der Waals surface area contributed by atoms with Crippen LogP contribution in [0.25, 0.3) is 10.2 Å². The molecule has 3 N–H and O–H groups in total. The van der Waals surface area contributed by atoms with Crippen LogP contribution in [0, 0.1) is 6.92 Å². The Morgan fingerprint density at radius 3 is 2.86 bits per heavy atom. The van der Waals surface area contributed by atoms with Gasteiger partial charge in [0.05, 0.1) is 10.7 Å². The van der Waals surface area contributed by atoms with E-state index >= 15 is 0 Å². The van der Waals surface area contributed by atoms with Crippen molar-refractivity contribution >= 4 is 50.6 Å². The maximum atomic E-state index is 12.3. The second-order valence-electron chi connectivity index (χ2n) is 4.47. The van der Waals surface area contributed by atoms with Crippen LogP contribution in [0.4, 0.5) is 11.5 Å². The number of rotatable bonds is 2. The molecule has 0 fully saturated rings. The predicted octanol–water partition coefficient (Wildman–Crippen LogP) is 3.49. The first-order valence-corrected chi connectivity index (χ1v) is 7.32. The van der Waals surface area contributed by atoms with Crippen molar-refractivity contribution in [2.45, 2.75) is 6.92 Å². The number of nitrogen functional groups attached to an aromatic ring is 1. The summed E-state index contributed by atoms with van der Waals surface area (Å²) in [4.78, 5) is 21.9. The number of nitrogens with zero attached hydrogens (tertiary/aromatic N) is 2. The number of nitrogens with one attached hydrogen (secondary N) is 1. The molecule has 0 saturated carbocycles. The molecule has 0 saturated heterocycles. The summed E-state index contributed by atoms with van der Waals surface area (Å²) < 4.78 is 0. The first-order chi connectivity index (χ1) is 10.0. The van der Waals surface area contributed by atoms with Gasteiger partial charge in [0.2, 0.25) is 0 Å². The number of hydrogen-bond donors (Lipinski definition) is 2. The Hall–Kier alpha value is -2.18. The van der Waals surface area contributed by atoms with Crippen LogP contribution in [0.5, 0.6) is 0 Å². The highest BCUT2D eigenvalue weighted by molar-refractivity contribution is 7.21. The number of halogens is 1. The number of aryl methyl sites for hydroxylation is 1. The number of pyridine rings is 2. The molecular weight excluding hydrogens is 308 g/mol. The fourth-order valence-electron chi connectivity index (χ4n) is 1.88. The van der Waals surface area contributed by atoms with Gasteiger partial charge in [-0.15, -0.1) is 11.3 Å². The van der Waals surface area contributed by atoms with Crippen LogP contribution in [0.3, 0.4) is 0 Å². The number of carbonyl (C=O) groups is 1. The van der Waals surface area contributed by atoms with Gasteiger partial charge in [-0.05, 0) is 31.2 Å². The van der Waals surface area contributed by atoms with E-state index in [0.717, 1.165) is 15.9 Å². The molecule has 0 spiro atoms. The highest BCUT2D eigenvalue weighted by Gasteiger charge is 2.17. The van der Waals surface area contributed by atoms with Crippen LogP contribution < -0.4 is 11.1 Å². The van der Waals surface area contributed by atoms with E-state index < -0.39 is 0 Å². The summed E-state index contributed by atoms with van der Waals surface area (Å²) in [5.41, 5.74) is 7.36. The van der Waals surface area contributed by atoms with Crippen LogP contribution >= 0.6 is 22.9 Å². The highest BCUT2D eigenvalue weighted by atomic mass is 35.5. The molecular formula is C14H11ClN4OS. The molecule has 3 aromatic rings. The molecule has 0 aliphatic rings. The van der Waals surface area contributed by atoms with Gasteiger partial charge in [-0.1, -0.05) is 11.6 Å². The average Bonchev–Trinajstić information content (AvgIpc) is 2.78. The van der Waals surface area contributed by atoms with Crippen molar-refractivity contribution in [1.29, 1.82) is 0 Å². The molecule has 7 heteroatoms. The summed E-state index contributed by atoms with van der Waals surface area (Å²) >= 11 is 7.02. The normalized spacial score (nSPS) is 10.8. The van der Waals surface area contributed by atoms with Gasteiger partial charge in [-0.25, -0.2) is 9.97 Å². The van der Waals surface area contributed by atoms with Crippen LogP contribution in [0.15, 0.2) is 30.5 Å². The van der Waals surface area contributed by atoms with Crippen molar-refractivity contribution < 1.29 is 4.79 Å². The smallest absolute Gasteiger partial charge is 0.269 e. The van der Waals surface area contributed by atoms with Gasteiger partial charge < -0.3 is 11.1 Å². The van der Waals surface area contributed by atoms with E-state index in [2.05, 4.69) is 15.3 Å². The molecule has 0 radical (unpaired) electrons. The molecule has 0 atom stereocenters. The summed E-state index contributed by atoms with van der Waals surface area (Å²) in [6.07, 6.45) is 1.47. The Balaban J connectivity index is 1.94. The van der Waals surface area contributed by atoms with Crippen LogP contribution in [0.1, 0.15) is 15.4 Å². The second kappa shape index (κ2) is 5.31. The molecule has 21 heavy (non-hydrogen) atoms. The Kier molecular flexibility index (Phi) is 3.48. The lowest BCUT2D eigenvalue weighted by Gasteiger charge is -2.03. The minimum Gasteiger partial charge on any atom is -0.397 e. The molecule has 0 unspecified atom stereocenters. The molecule has 5 nitrogen and oxygen atoms in total. The van der Waals surface area contributed by atoms with Crippen molar-refractivity contribution in [1.82, 2.24) is 9.97 Å². The van der Waals surface area contributed by atoms with Crippen LogP contribution in [0.2, 0.25) is 5.02 Å². The van der Waals surface area contributed by atoms with Crippen LogP contribution in [-0.4, -0.2) is 15.9 Å². The Bertz CT molecular complexity index is 829. The van der Waals surface area contributed by atoms with E-state index in [0.29, 0.717) is 21.4 Å². The van der Waals surface area contributed by atoms with E-state index in [1.807, 2.05) is 19.1 Å². The molecule has 0 aliphatic heterocycles. The fraction of sp³-hybridized carbons (Fsp3) is 0.0714. The summed E-state index contributed by atoms with van der Waals surface area (Å²) in [5, 5.41) is 4.00. The predicted molar refractivity (Wildman–Crippen MR) is 86.0 cm³/mol. The van der Waals surface area contributed by atoms with Gasteiger partial charge in [0, 0.05) is 17.3 Å². The van der Waals surface area contributed by atoms with Gasteiger partial charge in [-0.2, -0.15) is 0 Å². The number of aromatic nitrogens is 2. The van der Waals surface area contributed by atoms with E-state index in [4.69, 9.17) is 17.3 Å². The number of thiophene rings is 1. The number of carbonyl (C=O) groups excluding carboxylic acids is 1. The molecule has 1 amide bonds. The quantitative estimate of drug-likeness (QED) is 0.758. The van der Waals surface area contributed by atoms with Crippen molar-refractivity contribution in [2.75, 3.05) is 11.1 Å². The highest BCUT2D eigenvalue weighted by Crippen LogP contribution is 2.32. The first kappa shape index (κ1) is 13.8. The lowest BCUT2D eigenvalue weighted by Crippen LogP contribution is -2.12. The van der Waals surface area contributed by atoms with E-state index in [1.165, 1.54) is 17.5 Å². The number of fused-ring (bicyclic) bond motifs is 1. The summed E-state index contributed by atoms with van der Waals surface area (Å²) in [7, 11) is 0. The topological polar surface area (TPSA) is 80.9 Å². The van der Waals surface area contributed by atoms with Gasteiger partial charge in [0.15, 0.2) is 0 Å².